The van der Waals surface area contributed by atoms with Gasteiger partial charge < -0.3 is 120 Å². The lowest BCUT2D eigenvalue weighted by molar-refractivity contribution is -0.300. The van der Waals surface area contributed by atoms with E-state index in [2.05, 4.69) is 0 Å². The van der Waals surface area contributed by atoms with E-state index in [9.17, 15) is 61.3 Å². The fourth-order valence-corrected chi connectivity index (χ4v) is 5.26. The Bertz CT molecular complexity index is 851. The van der Waals surface area contributed by atoms with Crippen molar-refractivity contribution in [2.24, 2.45) is 0 Å². The molecule has 0 bridgehead atoms. The first kappa shape index (κ1) is 51.1. The molecule has 0 radical (unpaired) electrons. The van der Waals surface area contributed by atoms with E-state index in [0.717, 1.165) is 0 Å². The third-order valence-electron chi connectivity index (χ3n) is 8.52. The van der Waals surface area contributed by atoms with Gasteiger partial charge in [0.2, 0.25) is 0 Å². The van der Waals surface area contributed by atoms with Crippen molar-refractivity contribution >= 4 is 0 Å². The van der Waals surface area contributed by atoms with Gasteiger partial charge in [0.15, 0.2) is 25.2 Å². The van der Waals surface area contributed by atoms with Crippen LogP contribution in [-0.2, 0) is 37.9 Å². The minimum absolute atomic E-state index is 0.308. The zero-order valence-corrected chi connectivity index (χ0v) is 30.2. The van der Waals surface area contributed by atoms with Gasteiger partial charge >= 0.3 is 0 Å². The molecule has 0 aromatic heterocycles. The quantitative estimate of drug-likeness (QED) is 0.0974. The van der Waals surface area contributed by atoms with Crippen LogP contribution in [0.4, 0.5) is 0 Å². The number of aliphatic hydroxyl groups is 16. The molecule has 20 atom stereocenters. The minimum Gasteiger partial charge on any atom is -0.394 e. The van der Waals surface area contributed by atoms with Gasteiger partial charge in [-0.2, -0.15) is 0 Å². The van der Waals surface area contributed by atoms with Crippen LogP contribution in [0.25, 0.3) is 0 Å². The van der Waals surface area contributed by atoms with Crippen LogP contribution in [0.3, 0.4) is 0 Å². The van der Waals surface area contributed by atoms with E-state index in [0.29, 0.717) is 13.2 Å². The van der Waals surface area contributed by atoms with Crippen molar-refractivity contribution in [3.8, 4) is 0 Å². The molecule has 0 spiro atoms. The number of ether oxygens (including phenoxy) is 8. The predicted octanol–water partition coefficient (Wildman–Crippen LogP) is -9.49. The summed E-state index contributed by atoms with van der Waals surface area (Å²) in [5, 5.41) is 147. The first-order valence-corrected chi connectivity index (χ1v) is 17.0. The molecule has 0 saturated carbocycles. The zero-order chi connectivity index (χ0) is 41.4. The Balaban J connectivity index is 0.000000360. The standard InChI is InChI=1S/2C8H16O6.2C7H14O6/c2*1-2-13-8-7(12)6(11)5(10)4(3-9)14-8;2*1-12-7-6(11)5(10)4(9)3(2-8)13-7/h2*4-12H,2-3H2,1H3;2*3-11H,2H2,1H3. The van der Waals surface area contributed by atoms with Crippen LogP contribution in [0.5, 0.6) is 0 Å². The molecule has 4 aliphatic heterocycles. The number of methoxy groups -OCH3 is 2. The summed E-state index contributed by atoms with van der Waals surface area (Å²) >= 11 is 0. The van der Waals surface area contributed by atoms with Crippen LogP contribution < -0.4 is 0 Å². The molecule has 4 saturated heterocycles. The molecule has 54 heavy (non-hydrogen) atoms. The number of hydrogen-bond acceptors (Lipinski definition) is 24. The van der Waals surface area contributed by atoms with E-state index in [4.69, 9.17) is 58.3 Å². The summed E-state index contributed by atoms with van der Waals surface area (Å²) in [7, 11) is 2.60. The lowest BCUT2D eigenvalue weighted by atomic mass is 9.99. The van der Waals surface area contributed by atoms with Crippen LogP contribution in [0.1, 0.15) is 13.8 Å². The van der Waals surface area contributed by atoms with Gasteiger partial charge in [-0.15, -0.1) is 0 Å². The van der Waals surface area contributed by atoms with Crippen LogP contribution in [0.2, 0.25) is 0 Å². The van der Waals surface area contributed by atoms with Gasteiger partial charge in [-0.25, -0.2) is 0 Å². The highest BCUT2D eigenvalue weighted by atomic mass is 16.7. The lowest BCUT2D eigenvalue weighted by Crippen LogP contribution is -2.59. The summed E-state index contributed by atoms with van der Waals surface area (Å²) < 4.78 is 39.4. The molecule has 24 nitrogen and oxygen atoms in total. The largest absolute Gasteiger partial charge is 0.394 e. The molecule has 0 amide bonds. The van der Waals surface area contributed by atoms with E-state index in [1.807, 2.05) is 0 Å². The molecule has 24 heteroatoms. The molecule has 20 unspecified atom stereocenters. The highest BCUT2D eigenvalue weighted by Gasteiger charge is 2.46. The Kier molecular flexibility index (Phi) is 24.0. The maximum Gasteiger partial charge on any atom is 0.186 e. The third-order valence-corrected chi connectivity index (χ3v) is 8.52. The van der Waals surface area contributed by atoms with Crippen LogP contribution in [0.15, 0.2) is 0 Å². The SMILES string of the molecule is CCOC1OC(CO)C(O)C(O)C1O.CCOC1OC(CO)C(O)C(O)C1O.COC1OC(CO)C(O)C(O)C1O.COC1OC(CO)C(O)C(O)C1O. The Labute approximate surface area is 310 Å². The van der Waals surface area contributed by atoms with E-state index < -0.39 is 149 Å². The molecule has 0 aromatic rings. The number of rotatable bonds is 10. The highest BCUT2D eigenvalue weighted by Crippen LogP contribution is 2.24. The second-order valence-electron chi connectivity index (χ2n) is 12.2. The van der Waals surface area contributed by atoms with E-state index in [1.165, 1.54) is 14.2 Å². The van der Waals surface area contributed by atoms with Gasteiger partial charge in [0, 0.05) is 27.4 Å². The Morgan fingerprint density at radius 2 is 0.537 bits per heavy atom. The topological polar surface area (TPSA) is 398 Å². The molecule has 324 valence electrons. The molecular weight excluding hydrogens is 744 g/mol. The lowest BCUT2D eigenvalue weighted by Gasteiger charge is -2.39. The second-order valence-corrected chi connectivity index (χ2v) is 12.2. The maximum atomic E-state index is 9.41. The summed E-state index contributed by atoms with van der Waals surface area (Å²) in [5.41, 5.74) is 0. The second kappa shape index (κ2) is 25.4. The van der Waals surface area contributed by atoms with E-state index in [1.54, 1.807) is 13.8 Å². The van der Waals surface area contributed by atoms with E-state index >= 15 is 0 Å². The van der Waals surface area contributed by atoms with Crippen molar-refractivity contribution in [3.05, 3.63) is 0 Å². The minimum atomic E-state index is -1.36. The molecule has 4 heterocycles. The van der Waals surface area contributed by atoms with Crippen molar-refractivity contribution in [1.29, 1.82) is 0 Å². The summed E-state index contributed by atoms with van der Waals surface area (Å²) in [6.45, 7) is 2.28. The molecule has 0 aliphatic carbocycles. The number of hydrogen-bond donors (Lipinski definition) is 16. The smallest absolute Gasteiger partial charge is 0.186 e. The molecule has 4 aliphatic rings. The van der Waals surface area contributed by atoms with Gasteiger partial charge in [-0.05, 0) is 13.8 Å². The Morgan fingerprint density at radius 1 is 0.333 bits per heavy atom. The average Bonchev–Trinajstić information content (AvgIpc) is 3.17. The summed E-state index contributed by atoms with van der Waals surface area (Å²) in [5.74, 6) is 0. The van der Waals surface area contributed by atoms with Crippen molar-refractivity contribution in [1.82, 2.24) is 0 Å². The van der Waals surface area contributed by atoms with Crippen molar-refractivity contribution in [3.63, 3.8) is 0 Å². The third kappa shape index (κ3) is 13.6. The Morgan fingerprint density at radius 3 is 0.722 bits per heavy atom. The zero-order valence-electron chi connectivity index (χ0n) is 30.2. The molecule has 16 N–H and O–H groups in total. The summed E-state index contributed by atoms with van der Waals surface area (Å²) in [6, 6.07) is 0. The van der Waals surface area contributed by atoms with Crippen molar-refractivity contribution < 1.29 is 120 Å². The first-order valence-electron chi connectivity index (χ1n) is 17.0. The Hall–Kier alpha value is -0.960. The fourth-order valence-electron chi connectivity index (χ4n) is 5.26. The first-order chi connectivity index (χ1) is 25.5. The average molecular weight is 805 g/mol. The van der Waals surface area contributed by atoms with Gasteiger partial charge in [0.25, 0.3) is 0 Å². The molecule has 0 aromatic carbocycles. The van der Waals surface area contributed by atoms with Gasteiger partial charge in [0.1, 0.15) is 97.7 Å². The van der Waals surface area contributed by atoms with E-state index in [-0.39, 0.29) is 0 Å². The molecule has 4 rings (SSSR count). The predicted molar refractivity (Wildman–Crippen MR) is 172 cm³/mol. The molecular formula is C30H60O24. The van der Waals surface area contributed by atoms with Gasteiger partial charge in [-0.1, -0.05) is 0 Å². The van der Waals surface area contributed by atoms with Crippen LogP contribution >= 0.6 is 0 Å². The summed E-state index contributed by atoms with van der Waals surface area (Å²) in [4.78, 5) is 0. The molecule has 4 fully saturated rings. The maximum absolute atomic E-state index is 9.41. The highest BCUT2D eigenvalue weighted by molar-refractivity contribution is 4.91. The van der Waals surface area contributed by atoms with Crippen LogP contribution in [-0.4, -0.2) is 258 Å². The fraction of sp³-hybridized carbons (Fsp3) is 1.00. The van der Waals surface area contributed by atoms with Crippen molar-refractivity contribution in [2.45, 2.75) is 137 Å². The number of aliphatic hydroxyl groups excluding tert-OH is 16. The van der Waals surface area contributed by atoms with Gasteiger partial charge in [0.05, 0.1) is 26.4 Å². The van der Waals surface area contributed by atoms with Gasteiger partial charge in [-0.3, -0.25) is 0 Å². The monoisotopic (exact) mass is 804 g/mol. The van der Waals surface area contributed by atoms with Crippen molar-refractivity contribution in [2.75, 3.05) is 53.9 Å². The summed E-state index contributed by atoms with van der Waals surface area (Å²) in [6.07, 6.45) is -23.6. The normalized spacial score (nSPS) is 45.1. The van der Waals surface area contributed by atoms with Crippen LogP contribution in [0, 0.1) is 0 Å².